The molecule has 0 radical (unpaired) electrons. The van der Waals surface area contributed by atoms with Gasteiger partial charge in [0.1, 0.15) is 11.9 Å². The lowest BCUT2D eigenvalue weighted by atomic mass is 10.2. The van der Waals surface area contributed by atoms with Gasteiger partial charge < -0.3 is 10.1 Å². The molecule has 1 aromatic rings. The van der Waals surface area contributed by atoms with E-state index in [2.05, 4.69) is 5.32 Å². The van der Waals surface area contributed by atoms with Crippen molar-refractivity contribution in [2.75, 3.05) is 6.61 Å². The first-order valence-corrected chi connectivity index (χ1v) is 4.91. The van der Waals surface area contributed by atoms with Crippen LogP contribution in [-0.2, 0) is 16.1 Å². The third-order valence-electron chi connectivity index (χ3n) is 2.43. The molecule has 1 atom stereocenters. The largest absolute Gasteiger partial charge is 0.464 e. The van der Waals surface area contributed by atoms with E-state index in [-0.39, 0.29) is 17.8 Å². The molecular weight excluding hydrogens is 197 g/mol. The van der Waals surface area contributed by atoms with E-state index in [1.807, 2.05) is 0 Å². The minimum absolute atomic E-state index is 0.244. The number of nitrogens with one attached hydrogen (secondary N) is 1. The number of ether oxygens (including phenoxy) is 1. The topological polar surface area (TPSA) is 38.3 Å². The third kappa shape index (κ3) is 2.33. The molecule has 1 saturated heterocycles. The zero-order valence-electron chi connectivity index (χ0n) is 8.20. The minimum atomic E-state index is -0.287. The van der Waals surface area contributed by atoms with Crippen LogP contribution in [0.2, 0.25) is 0 Å². The van der Waals surface area contributed by atoms with Gasteiger partial charge in [-0.15, -0.1) is 0 Å². The molecule has 0 spiro atoms. The summed E-state index contributed by atoms with van der Waals surface area (Å²) in [6.45, 7) is 0.806. The number of carbonyl (C=O) groups is 1. The molecule has 1 aliphatic heterocycles. The van der Waals surface area contributed by atoms with Crippen molar-refractivity contribution in [2.45, 2.75) is 19.0 Å². The average Bonchev–Trinajstić information content (AvgIpc) is 2.63. The molecule has 80 valence electrons. The lowest BCUT2D eigenvalue weighted by molar-refractivity contribution is -0.139. The zero-order chi connectivity index (χ0) is 10.7. The molecule has 0 saturated carbocycles. The lowest BCUT2D eigenvalue weighted by Crippen LogP contribution is -2.32. The SMILES string of the molecule is O=C1OCCC1NCc1ccccc1F. The van der Waals surface area contributed by atoms with Crippen LogP contribution in [0.3, 0.4) is 0 Å². The molecule has 1 aromatic carbocycles. The van der Waals surface area contributed by atoms with Gasteiger partial charge >= 0.3 is 5.97 Å². The summed E-state index contributed by atoms with van der Waals surface area (Å²) in [4.78, 5) is 11.1. The molecular formula is C11H12FNO2. The van der Waals surface area contributed by atoms with Gasteiger partial charge in [0.15, 0.2) is 0 Å². The van der Waals surface area contributed by atoms with Gasteiger partial charge in [-0.3, -0.25) is 4.79 Å². The van der Waals surface area contributed by atoms with Crippen LogP contribution in [0.4, 0.5) is 4.39 Å². The van der Waals surface area contributed by atoms with Gasteiger partial charge in [-0.25, -0.2) is 4.39 Å². The molecule has 0 aliphatic carbocycles. The highest BCUT2D eigenvalue weighted by Crippen LogP contribution is 2.09. The van der Waals surface area contributed by atoms with E-state index in [0.717, 1.165) is 0 Å². The smallest absolute Gasteiger partial charge is 0.323 e. The van der Waals surface area contributed by atoms with E-state index in [1.54, 1.807) is 18.2 Å². The Balaban J connectivity index is 1.93. The van der Waals surface area contributed by atoms with E-state index < -0.39 is 0 Å². The summed E-state index contributed by atoms with van der Waals surface area (Å²) >= 11 is 0. The quantitative estimate of drug-likeness (QED) is 0.761. The molecule has 0 aromatic heterocycles. The van der Waals surface area contributed by atoms with Crippen LogP contribution in [-0.4, -0.2) is 18.6 Å². The number of carbonyl (C=O) groups excluding carboxylic acids is 1. The Bertz CT molecular complexity index is 367. The second kappa shape index (κ2) is 4.40. The Morgan fingerprint density at radius 1 is 1.47 bits per heavy atom. The predicted octanol–water partition coefficient (Wildman–Crippen LogP) is 1.23. The van der Waals surface area contributed by atoms with Gasteiger partial charge in [0.25, 0.3) is 0 Å². The first-order chi connectivity index (χ1) is 7.27. The Morgan fingerprint density at radius 2 is 2.27 bits per heavy atom. The van der Waals surface area contributed by atoms with Crippen molar-refractivity contribution in [1.82, 2.24) is 5.32 Å². The van der Waals surface area contributed by atoms with Crippen molar-refractivity contribution in [3.05, 3.63) is 35.6 Å². The van der Waals surface area contributed by atoms with Gasteiger partial charge in [0.2, 0.25) is 0 Å². The summed E-state index contributed by atoms with van der Waals surface area (Å²) in [6, 6.07) is 6.23. The van der Waals surface area contributed by atoms with Crippen molar-refractivity contribution in [3.63, 3.8) is 0 Å². The van der Waals surface area contributed by atoms with Crippen LogP contribution in [0.1, 0.15) is 12.0 Å². The summed E-state index contributed by atoms with van der Waals surface area (Å²) in [5, 5.41) is 2.97. The fourth-order valence-electron chi connectivity index (χ4n) is 1.56. The summed E-state index contributed by atoms with van der Waals surface area (Å²) < 4.78 is 18.0. The van der Waals surface area contributed by atoms with Crippen molar-refractivity contribution in [3.8, 4) is 0 Å². The Hall–Kier alpha value is -1.42. The van der Waals surface area contributed by atoms with E-state index >= 15 is 0 Å². The Labute approximate surface area is 87.2 Å². The molecule has 0 bridgehead atoms. The molecule has 2 rings (SSSR count). The van der Waals surface area contributed by atoms with Gasteiger partial charge in [-0.2, -0.15) is 0 Å². The molecule has 1 unspecified atom stereocenters. The fraction of sp³-hybridized carbons (Fsp3) is 0.364. The van der Waals surface area contributed by atoms with Crippen LogP contribution in [0, 0.1) is 5.82 Å². The molecule has 1 heterocycles. The number of esters is 1. The highest BCUT2D eigenvalue weighted by atomic mass is 19.1. The van der Waals surface area contributed by atoms with Crippen LogP contribution in [0.5, 0.6) is 0 Å². The standard InChI is InChI=1S/C11H12FNO2/c12-9-4-2-1-3-8(9)7-13-10-5-6-15-11(10)14/h1-4,10,13H,5-7H2. The molecule has 3 nitrogen and oxygen atoms in total. The number of halogens is 1. The van der Waals surface area contributed by atoms with E-state index in [9.17, 15) is 9.18 Å². The Morgan fingerprint density at radius 3 is 2.93 bits per heavy atom. The maximum atomic E-state index is 13.2. The van der Waals surface area contributed by atoms with Gasteiger partial charge in [-0.05, 0) is 6.07 Å². The van der Waals surface area contributed by atoms with E-state index in [0.29, 0.717) is 25.1 Å². The van der Waals surface area contributed by atoms with Gasteiger partial charge in [0.05, 0.1) is 6.61 Å². The second-order valence-electron chi connectivity index (χ2n) is 3.48. The van der Waals surface area contributed by atoms with Crippen molar-refractivity contribution in [2.24, 2.45) is 0 Å². The lowest BCUT2D eigenvalue weighted by Gasteiger charge is -2.08. The molecule has 1 aliphatic rings. The Kier molecular flexibility index (Phi) is 2.97. The average molecular weight is 209 g/mol. The second-order valence-corrected chi connectivity index (χ2v) is 3.48. The molecule has 15 heavy (non-hydrogen) atoms. The number of rotatable bonds is 3. The molecule has 1 fully saturated rings. The summed E-state index contributed by atoms with van der Waals surface area (Å²) in [7, 11) is 0. The highest BCUT2D eigenvalue weighted by Gasteiger charge is 2.25. The summed E-state index contributed by atoms with van der Waals surface area (Å²) in [6.07, 6.45) is 0.660. The number of cyclic esters (lactones) is 1. The van der Waals surface area contributed by atoms with E-state index in [4.69, 9.17) is 4.74 Å². The maximum Gasteiger partial charge on any atom is 0.323 e. The first kappa shape index (κ1) is 10.1. The molecule has 0 amide bonds. The van der Waals surface area contributed by atoms with Crippen LogP contribution in [0.25, 0.3) is 0 Å². The number of hydrogen-bond donors (Lipinski definition) is 1. The molecule has 4 heteroatoms. The maximum absolute atomic E-state index is 13.2. The third-order valence-corrected chi connectivity index (χ3v) is 2.43. The molecule has 1 N–H and O–H groups in total. The van der Waals surface area contributed by atoms with Crippen LogP contribution < -0.4 is 5.32 Å². The predicted molar refractivity (Wildman–Crippen MR) is 52.6 cm³/mol. The van der Waals surface area contributed by atoms with Crippen LogP contribution >= 0.6 is 0 Å². The monoisotopic (exact) mass is 209 g/mol. The van der Waals surface area contributed by atoms with Gasteiger partial charge in [0, 0.05) is 18.5 Å². The number of benzene rings is 1. The highest BCUT2D eigenvalue weighted by molar-refractivity contribution is 5.77. The number of hydrogen-bond acceptors (Lipinski definition) is 3. The summed E-state index contributed by atoms with van der Waals surface area (Å²) in [5.74, 6) is -0.497. The van der Waals surface area contributed by atoms with Crippen LogP contribution in [0.15, 0.2) is 24.3 Å². The summed E-state index contributed by atoms with van der Waals surface area (Å²) in [5.41, 5.74) is 0.567. The normalized spacial score (nSPS) is 20.3. The van der Waals surface area contributed by atoms with Crippen molar-refractivity contribution in [1.29, 1.82) is 0 Å². The van der Waals surface area contributed by atoms with E-state index in [1.165, 1.54) is 6.07 Å². The first-order valence-electron chi connectivity index (χ1n) is 4.91. The zero-order valence-corrected chi connectivity index (χ0v) is 8.20. The fourth-order valence-corrected chi connectivity index (χ4v) is 1.56. The minimum Gasteiger partial charge on any atom is -0.464 e. The van der Waals surface area contributed by atoms with Crippen molar-refractivity contribution >= 4 is 5.97 Å². The van der Waals surface area contributed by atoms with Crippen molar-refractivity contribution < 1.29 is 13.9 Å². The van der Waals surface area contributed by atoms with Gasteiger partial charge in [-0.1, -0.05) is 18.2 Å².